The summed E-state index contributed by atoms with van der Waals surface area (Å²) in [6.07, 6.45) is 9.57. The smallest absolute Gasteiger partial charge is 0.173 e. The average molecular weight is 385 g/mol. The van der Waals surface area contributed by atoms with Crippen LogP contribution in [0.15, 0.2) is 96.8 Å². The summed E-state index contributed by atoms with van der Waals surface area (Å²) in [4.78, 5) is 0. The number of hydrogen-bond acceptors (Lipinski definition) is 2. The van der Waals surface area contributed by atoms with Crippen LogP contribution in [0.3, 0.4) is 0 Å². The second-order valence-electron chi connectivity index (χ2n) is 6.81. The van der Waals surface area contributed by atoms with Gasteiger partial charge in [0, 0.05) is 11.1 Å². The summed E-state index contributed by atoms with van der Waals surface area (Å²) in [5.74, 6) is 1.17. The molecule has 0 fully saturated rings. The van der Waals surface area contributed by atoms with Crippen LogP contribution in [0.4, 0.5) is 0 Å². The molecule has 0 saturated heterocycles. The number of para-hydroxylation sites is 1. The highest BCUT2D eigenvalue weighted by atomic mass is 16.5. The Morgan fingerprint density at radius 2 is 1.66 bits per heavy atom. The molecule has 0 saturated carbocycles. The van der Waals surface area contributed by atoms with Crippen molar-refractivity contribution in [1.29, 1.82) is 0 Å². The van der Waals surface area contributed by atoms with Gasteiger partial charge in [0.1, 0.15) is 11.5 Å². The molecule has 0 bridgehead atoms. The van der Waals surface area contributed by atoms with Crippen molar-refractivity contribution < 1.29 is 9.84 Å². The Morgan fingerprint density at radius 1 is 1.00 bits per heavy atom. The number of hydrogen-bond donors (Lipinski definition) is 1. The lowest BCUT2D eigenvalue weighted by Crippen LogP contribution is -2.31. The minimum atomic E-state index is -1.34. The maximum atomic E-state index is 12.0. The van der Waals surface area contributed by atoms with Gasteiger partial charge in [-0.15, -0.1) is 0 Å². The van der Waals surface area contributed by atoms with Gasteiger partial charge in [0.25, 0.3) is 0 Å². The SMILES string of the molecule is C=C1/C=C\C=C(\C2(O)C(/C=C\C)=C(C)c3ccccc32)Oc2ccccc21.CC. The Morgan fingerprint density at radius 3 is 2.38 bits per heavy atom. The van der Waals surface area contributed by atoms with Gasteiger partial charge in [0.05, 0.1) is 0 Å². The van der Waals surface area contributed by atoms with Crippen LogP contribution in [0.2, 0.25) is 0 Å². The topological polar surface area (TPSA) is 29.5 Å². The summed E-state index contributed by atoms with van der Waals surface area (Å²) >= 11 is 0. The molecule has 4 rings (SSSR count). The van der Waals surface area contributed by atoms with E-state index >= 15 is 0 Å². The molecule has 1 unspecified atom stereocenters. The van der Waals surface area contributed by atoms with E-state index in [1.807, 2.05) is 107 Å². The van der Waals surface area contributed by atoms with Crippen molar-refractivity contribution in [3.63, 3.8) is 0 Å². The van der Waals surface area contributed by atoms with Gasteiger partial charge in [-0.05, 0) is 48.3 Å². The quantitative estimate of drug-likeness (QED) is 0.616. The molecule has 0 radical (unpaired) electrons. The lowest BCUT2D eigenvalue weighted by Gasteiger charge is -2.30. The molecular formula is C27H28O2. The number of ether oxygens (including phenoxy) is 1. The summed E-state index contributed by atoms with van der Waals surface area (Å²) in [5.41, 5.74) is 4.22. The summed E-state index contributed by atoms with van der Waals surface area (Å²) in [7, 11) is 0. The van der Waals surface area contributed by atoms with Crippen molar-refractivity contribution in [2.24, 2.45) is 0 Å². The van der Waals surface area contributed by atoms with E-state index in [0.29, 0.717) is 11.5 Å². The molecule has 29 heavy (non-hydrogen) atoms. The molecule has 1 aliphatic heterocycles. The Balaban J connectivity index is 0.00000117. The highest BCUT2D eigenvalue weighted by Crippen LogP contribution is 2.50. The lowest BCUT2D eigenvalue weighted by atomic mass is 9.87. The van der Waals surface area contributed by atoms with E-state index in [1.165, 1.54) is 0 Å². The van der Waals surface area contributed by atoms with Crippen LogP contribution in [-0.4, -0.2) is 5.11 Å². The van der Waals surface area contributed by atoms with E-state index in [0.717, 1.165) is 33.4 Å². The first kappa shape index (κ1) is 20.6. The molecule has 2 aliphatic rings. The maximum Gasteiger partial charge on any atom is 0.173 e. The molecule has 0 spiro atoms. The Hall–Kier alpha value is -3.10. The molecule has 0 amide bonds. The van der Waals surface area contributed by atoms with Crippen LogP contribution in [0, 0.1) is 0 Å². The Labute approximate surface area is 173 Å². The largest absolute Gasteiger partial charge is 0.457 e. The molecule has 1 aliphatic carbocycles. The standard InChI is InChI=1S/C25H22O2.C2H6/c1-4-10-21-18(3)20-13-5-7-14-22(20)25(21,26)24-16-9-11-17(2)19-12-6-8-15-23(19)27-24;1-2/h4-16,26H,2H2,1,3H3;1-2H3/b10-4-,11-9-,24-16-;. The van der Waals surface area contributed by atoms with Gasteiger partial charge in [0.15, 0.2) is 5.60 Å². The summed E-state index contributed by atoms with van der Waals surface area (Å²) in [6.45, 7) is 12.1. The molecule has 148 valence electrons. The van der Waals surface area contributed by atoms with Crippen LogP contribution in [0.1, 0.15) is 44.4 Å². The molecule has 2 aromatic rings. The van der Waals surface area contributed by atoms with Crippen molar-refractivity contribution in [3.05, 3.63) is 114 Å². The first-order valence-electron chi connectivity index (χ1n) is 10.1. The van der Waals surface area contributed by atoms with Gasteiger partial charge >= 0.3 is 0 Å². The molecule has 1 N–H and O–H groups in total. The number of aliphatic hydroxyl groups is 1. The zero-order valence-corrected chi connectivity index (χ0v) is 17.6. The van der Waals surface area contributed by atoms with E-state index < -0.39 is 5.60 Å². The number of rotatable bonds is 2. The summed E-state index contributed by atoms with van der Waals surface area (Å²) < 4.78 is 6.31. The molecule has 0 aromatic heterocycles. The van der Waals surface area contributed by atoms with E-state index in [2.05, 4.69) is 6.58 Å². The van der Waals surface area contributed by atoms with Crippen molar-refractivity contribution >= 4 is 11.1 Å². The van der Waals surface area contributed by atoms with E-state index in [-0.39, 0.29) is 0 Å². The number of allylic oxidation sites excluding steroid dienone is 6. The number of fused-ring (bicyclic) bond motifs is 2. The second-order valence-corrected chi connectivity index (χ2v) is 6.81. The summed E-state index contributed by atoms with van der Waals surface area (Å²) in [6, 6.07) is 15.7. The van der Waals surface area contributed by atoms with Crippen LogP contribution in [-0.2, 0) is 5.60 Å². The van der Waals surface area contributed by atoms with Crippen molar-refractivity contribution in [3.8, 4) is 5.75 Å². The fraction of sp³-hybridized carbons (Fsp3) is 0.185. The molecule has 2 heteroatoms. The van der Waals surface area contributed by atoms with Gasteiger partial charge < -0.3 is 9.84 Å². The number of benzene rings is 2. The first-order chi connectivity index (χ1) is 14.1. The fourth-order valence-electron chi connectivity index (χ4n) is 3.87. The normalized spacial score (nSPS) is 23.1. The van der Waals surface area contributed by atoms with E-state index in [1.54, 1.807) is 0 Å². The molecule has 1 heterocycles. The lowest BCUT2D eigenvalue weighted by molar-refractivity contribution is 0.0804. The van der Waals surface area contributed by atoms with Gasteiger partial charge in [-0.3, -0.25) is 0 Å². The minimum Gasteiger partial charge on any atom is -0.457 e. The van der Waals surface area contributed by atoms with Crippen molar-refractivity contribution in [2.45, 2.75) is 33.3 Å². The van der Waals surface area contributed by atoms with Gasteiger partial charge in [-0.25, -0.2) is 0 Å². The van der Waals surface area contributed by atoms with E-state index in [4.69, 9.17) is 4.74 Å². The van der Waals surface area contributed by atoms with Crippen molar-refractivity contribution in [2.75, 3.05) is 0 Å². The molecule has 2 aromatic carbocycles. The Bertz CT molecular complexity index is 1050. The average Bonchev–Trinajstić information content (AvgIpc) is 2.96. The molecular weight excluding hydrogens is 356 g/mol. The highest BCUT2D eigenvalue weighted by Gasteiger charge is 2.46. The van der Waals surface area contributed by atoms with Gasteiger partial charge in [0.2, 0.25) is 0 Å². The highest BCUT2D eigenvalue weighted by molar-refractivity contribution is 5.83. The molecule has 1 atom stereocenters. The van der Waals surface area contributed by atoms with E-state index in [9.17, 15) is 5.11 Å². The Kier molecular flexibility index (Phi) is 6.05. The second kappa shape index (κ2) is 8.50. The predicted molar refractivity (Wildman–Crippen MR) is 122 cm³/mol. The third kappa shape index (κ3) is 3.41. The monoisotopic (exact) mass is 384 g/mol. The van der Waals surface area contributed by atoms with Crippen LogP contribution in [0.5, 0.6) is 5.75 Å². The van der Waals surface area contributed by atoms with Gasteiger partial charge in [-0.1, -0.05) is 87.2 Å². The minimum absolute atomic E-state index is 0.482. The molecule has 2 nitrogen and oxygen atoms in total. The third-order valence-electron chi connectivity index (χ3n) is 5.20. The predicted octanol–water partition coefficient (Wildman–Crippen LogP) is 6.81. The fourth-order valence-corrected chi connectivity index (χ4v) is 3.87. The summed E-state index contributed by atoms with van der Waals surface area (Å²) in [5, 5.41) is 12.0. The zero-order chi connectivity index (χ0) is 21.0. The van der Waals surface area contributed by atoms with Crippen LogP contribution < -0.4 is 4.74 Å². The van der Waals surface area contributed by atoms with Gasteiger partial charge in [-0.2, -0.15) is 0 Å². The van der Waals surface area contributed by atoms with Crippen molar-refractivity contribution in [1.82, 2.24) is 0 Å². The third-order valence-corrected chi connectivity index (χ3v) is 5.20. The first-order valence-corrected chi connectivity index (χ1v) is 10.1. The van der Waals surface area contributed by atoms with Crippen LogP contribution >= 0.6 is 0 Å². The zero-order valence-electron chi connectivity index (χ0n) is 17.6. The maximum absolute atomic E-state index is 12.0. The van der Waals surface area contributed by atoms with Crippen LogP contribution in [0.25, 0.3) is 11.1 Å².